The first-order valence-corrected chi connectivity index (χ1v) is 8.61. The first-order chi connectivity index (χ1) is 11.1. The first kappa shape index (κ1) is 17.3. The van der Waals surface area contributed by atoms with E-state index in [1.165, 1.54) is 7.11 Å². The summed E-state index contributed by atoms with van der Waals surface area (Å²) in [6.07, 6.45) is 4.95. The van der Waals surface area contributed by atoms with Gasteiger partial charge >= 0.3 is 5.97 Å². The summed E-state index contributed by atoms with van der Waals surface area (Å²) in [7, 11) is 1.27. The lowest BCUT2D eigenvalue weighted by molar-refractivity contribution is -0.141. The van der Waals surface area contributed by atoms with Gasteiger partial charge in [-0.05, 0) is 30.1 Å². The van der Waals surface area contributed by atoms with Crippen molar-refractivity contribution in [3.8, 4) is 0 Å². The number of esters is 1. The van der Waals surface area contributed by atoms with Crippen molar-refractivity contribution in [3.05, 3.63) is 21.6 Å². The Balaban J connectivity index is 1.92. The van der Waals surface area contributed by atoms with E-state index in [9.17, 15) is 9.59 Å². The van der Waals surface area contributed by atoms with Crippen molar-refractivity contribution >= 4 is 23.3 Å². The molecule has 1 aliphatic heterocycles. The Morgan fingerprint density at radius 2 is 2.12 bits per heavy atom. The monoisotopic (exact) mass is 353 g/mol. The van der Waals surface area contributed by atoms with Gasteiger partial charge in [-0.1, -0.05) is 32.4 Å². The molecule has 2 heterocycles. The molecule has 2 bridgehead atoms. The van der Waals surface area contributed by atoms with E-state index in [1.807, 2.05) is 0 Å². The minimum Gasteiger partial charge on any atom is -0.468 e. The maximum Gasteiger partial charge on any atom is 0.327 e. The molecule has 0 spiro atoms. The molecule has 1 saturated heterocycles. The SMILES string of the molecule is COC(=O)Cn1ncc(N2C[C@@]3(C)C[C@H]2CC(C)(C)C3)c(Cl)c1=O. The number of carbonyl (C=O) groups excluding carboxylic acids is 1. The van der Waals surface area contributed by atoms with Crippen LogP contribution < -0.4 is 10.5 Å². The Kier molecular flexibility index (Phi) is 4.14. The summed E-state index contributed by atoms with van der Waals surface area (Å²) in [5, 5.41) is 4.25. The van der Waals surface area contributed by atoms with Gasteiger partial charge < -0.3 is 9.64 Å². The third kappa shape index (κ3) is 3.04. The van der Waals surface area contributed by atoms with Crippen molar-refractivity contribution < 1.29 is 9.53 Å². The van der Waals surface area contributed by atoms with Crippen molar-refractivity contribution in [1.29, 1.82) is 0 Å². The lowest BCUT2D eigenvalue weighted by Crippen LogP contribution is -2.36. The fraction of sp³-hybridized carbons (Fsp3) is 0.706. The zero-order chi connectivity index (χ0) is 17.7. The number of halogens is 1. The van der Waals surface area contributed by atoms with Gasteiger partial charge in [0.05, 0.1) is 19.0 Å². The van der Waals surface area contributed by atoms with E-state index in [1.54, 1.807) is 6.20 Å². The van der Waals surface area contributed by atoms with Gasteiger partial charge in [0.15, 0.2) is 0 Å². The lowest BCUT2D eigenvalue weighted by atomic mass is 9.65. The van der Waals surface area contributed by atoms with Crippen molar-refractivity contribution in [2.24, 2.45) is 10.8 Å². The topological polar surface area (TPSA) is 64.4 Å². The summed E-state index contributed by atoms with van der Waals surface area (Å²) in [5.41, 5.74) is 0.739. The summed E-state index contributed by atoms with van der Waals surface area (Å²) in [6, 6.07) is 0.369. The number of fused-ring (bicyclic) bond motifs is 2. The van der Waals surface area contributed by atoms with Crippen molar-refractivity contribution in [2.45, 2.75) is 52.6 Å². The third-order valence-electron chi connectivity index (χ3n) is 5.20. The van der Waals surface area contributed by atoms with Crippen LogP contribution in [0.3, 0.4) is 0 Å². The van der Waals surface area contributed by atoms with E-state index < -0.39 is 11.5 Å². The van der Waals surface area contributed by atoms with Gasteiger partial charge in [-0.25, -0.2) is 4.68 Å². The second-order valence-corrected chi connectivity index (χ2v) is 8.60. The fourth-order valence-electron chi connectivity index (χ4n) is 4.70. The number of hydrogen-bond acceptors (Lipinski definition) is 5. The molecular weight excluding hydrogens is 330 g/mol. The van der Waals surface area contributed by atoms with E-state index in [4.69, 9.17) is 11.6 Å². The molecule has 24 heavy (non-hydrogen) atoms. The Morgan fingerprint density at radius 3 is 2.79 bits per heavy atom. The molecule has 132 valence electrons. The molecule has 2 atom stereocenters. The fourth-order valence-corrected chi connectivity index (χ4v) is 4.95. The molecule has 6 nitrogen and oxygen atoms in total. The molecule has 0 amide bonds. The normalized spacial score (nSPS) is 28.0. The van der Waals surface area contributed by atoms with E-state index in [-0.39, 0.29) is 22.4 Å². The van der Waals surface area contributed by atoms with Crippen LogP contribution in [0, 0.1) is 10.8 Å². The van der Waals surface area contributed by atoms with Crippen LogP contribution in [0.25, 0.3) is 0 Å². The number of aromatic nitrogens is 2. The second-order valence-electron chi connectivity index (χ2n) is 8.22. The minimum atomic E-state index is -0.528. The van der Waals surface area contributed by atoms with Crippen LogP contribution in [0.4, 0.5) is 5.69 Å². The summed E-state index contributed by atoms with van der Waals surface area (Å²) >= 11 is 6.34. The van der Waals surface area contributed by atoms with E-state index in [0.29, 0.717) is 11.7 Å². The molecule has 2 fully saturated rings. The predicted octanol–water partition coefficient (Wildman–Crippen LogP) is 2.47. The number of methoxy groups -OCH3 is 1. The van der Waals surface area contributed by atoms with Crippen molar-refractivity contribution in [1.82, 2.24) is 9.78 Å². The molecule has 7 heteroatoms. The molecular formula is C17H24ClN3O3. The zero-order valence-electron chi connectivity index (χ0n) is 14.6. The summed E-state index contributed by atoms with van der Waals surface area (Å²) in [4.78, 5) is 26.0. The molecule has 1 aromatic heterocycles. The molecule has 0 N–H and O–H groups in total. The Bertz CT molecular complexity index is 730. The van der Waals surface area contributed by atoms with Crippen LogP contribution in [-0.4, -0.2) is 35.4 Å². The van der Waals surface area contributed by atoms with Gasteiger partial charge in [-0.2, -0.15) is 5.10 Å². The largest absolute Gasteiger partial charge is 0.468 e. The molecule has 3 rings (SSSR count). The van der Waals surface area contributed by atoms with Crippen LogP contribution in [0.1, 0.15) is 40.0 Å². The first-order valence-electron chi connectivity index (χ1n) is 8.23. The van der Waals surface area contributed by atoms with Gasteiger partial charge in [-0.3, -0.25) is 9.59 Å². The minimum absolute atomic E-state index is 0.128. The van der Waals surface area contributed by atoms with Gasteiger partial charge in [-0.15, -0.1) is 0 Å². The van der Waals surface area contributed by atoms with Crippen LogP contribution in [-0.2, 0) is 16.1 Å². The van der Waals surface area contributed by atoms with Crippen LogP contribution in [0.15, 0.2) is 11.0 Å². The quantitative estimate of drug-likeness (QED) is 0.781. The Labute approximate surface area is 146 Å². The highest BCUT2D eigenvalue weighted by molar-refractivity contribution is 6.33. The smallest absolute Gasteiger partial charge is 0.327 e. The Morgan fingerprint density at radius 1 is 1.42 bits per heavy atom. The standard InChI is InChI=1S/C17H24ClN3O3/c1-16(2)5-11-6-17(3,9-16)10-20(11)12-7-19-21(8-13(22)24-4)15(23)14(12)18/h7,11H,5-6,8-10H2,1-4H3/t11-,17+/m1/s1. The van der Waals surface area contributed by atoms with Gasteiger partial charge in [0, 0.05) is 12.6 Å². The maximum absolute atomic E-state index is 12.4. The molecule has 1 aliphatic carbocycles. The highest BCUT2D eigenvalue weighted by Gasteiger charge is 2.50. The van der Waals surface area contributed by atoms with Crippen LogP contribution >= 0.6 is 11.6 Å². The molecule has 0 radical (unpaired) electrons. The van der Waals surface area contributed by atoms with E-state index in [0.717, 1.165) is 30.5 Å². The van der Waals surface area contributed by atoms with E-state index >= 15 is 0 Å². The summed E-state index contributed by atoms with van der Waals surface area (Å²) in [5.74, 6) is -0.528. The lowest BCUT2D eigenvalue weighted by Gasteiger charge is -2.39. The number of rotatable bonds is 3. The second kappa shape index (κ2) is 5.76. The molecule has 2 aliphatic rings. The van der Waals surface area contributed by atoms with Crippen LogP contribution in [0.5, 0.6) is 0 Å². The van der Waals surface area contributed by atoms with Crippen molar-refractivity contribution in [3.63, 3.8) is 0 Å². The van der Waals surface area contributed by atoms with Gasteiger partial charge in [0.2, 0.25) is 0 Å². The number of nitrogens with zero attached hydrogens (tertiary/aromatic N) is 3. The zero-order valence-corrected chi connectivity index (χ0v) is 15.4. The third-order valence-corrected chi connectivity index (χ3v) is 5.55. The average Bonchev–Trinajstić information content (AvgIpc) is 2.73. The highest BCUT2D eigenvalue weighted by Crippen LogP contribution is 2.53. The number of carbonyl (C=O) groups is 1. The highest BCUT2D eigenvalue weighted by atomic mass is 35.5. The molecule has 0 aromatic carbocycles. The Hall–Kier alpha value is -1.56. The van der Waals surface area contributed by atoms with Crippen molar-refractivity contribution in [2.75, 3.05) is 18.6 Å². The molecule has 1 aromatic rings. The number of ether oxygens (including phenoxy) is 1. The maximum atomic E-state index is 12.4. The van der Waals surface area contributed by atoms with Crippen LogP contribution in [0.2, 0.25) is 5.02 Å². The number of anilines is 1. The summed E-state index contributed by atoms with van der Waals surface area (Å²) < 4.78 is 5.63. The van der Waals surface area contributed by atoms with E-state index in [2.05, 4.69) is 35.5 Å². The van der Waals surface area contributed by atoms with Gasteiger partial charge in [0.25, 0.3) is 5.56 Å². The predicted molar refractivity (Wildman–Crippen MR) is 92.4 cm³/mol. The van der Waals surface area contributed by atoms with Gasteiger partial charge in [0.1, 0.15) is 11.6 Å². The average molecular weight is 354 g/mol. The molecule has 1 saturated carbocycles. The summed E-state index contributed by atoms with van der Waals surface area (Å²) in [6.45, 7) is 7.55. The molecule has 0 unspecified atom stereocenters. The number of hydrogen-bond donors (Lipinski definition) is 0.